The molecule has 0 aromatic heterocycles. The van der Waals surface area contributed by atoms with Crippen LogP contribution in [-0.2, 0) is 0 Å². The number of carbonyl (C=O) groups is 1. The fourth-order valence-electron chi connectivity index (χ4n) is 1.79. The van der Waals surface area contributed by atoms with Crippen LogP contribution in [0.15, 0.2) is 22.7 Å². The first kappa shape index (κ1) is 14.2. The Kier molecular flexibility index (Phi) is 3.75. The predicted octanol–water partition coefficient (Wildman–Crippen LogP) is 3.32. The van der Waals surface area contributed by atoms with E-state index in [1.807, 2.05) is 0 Å². The zero-order valence-electron chi connectivity index (χ0n) is 9.75. The van der Waals surface area contributed by atoms with Gasteiger partial charge >= 0.3 is 6.18 Å². The molecule has 1 saturated carbocycles. The van der Waals surface area contributed by atoms with Crippen LogP contribution in [0.1, 0.15) is 23.2 Å². The number of hydrogen-bond acceptors (Lipinski definition) is 2. The van der Waals surface area contributed by atoms with Gasteiger partial charge in [0.05, 0.1) is 5.56 Å². The molecule has 0 atom stereocenters. The van der Waals surface area contributed by atoms with Gasteiger partial charge in [-0.2, -0.15) is 13.2 Å². The van der Waals surface area contributed by atoms with E-state index in [0.717, 1.165) is 4.90 Å². The maximum Gasteiger partial charge on any atom is 0.406 e. The van der Waals surface area contributed by atoms with E-state index in [1.165, 1.54) is 18.2 Å². The number of benzene rings is 1. The highest BCUT2D eigenvalue weighted by molar-refractivity contribution is 9.10. The maximum atomic E-state index is 12.5. The maximum absolute atomic E-state index is 12.5. The van der Waals surface area contributed by atoms with Crippen molar-refractivity contribution < 1.29 is 23.1 Å². The van der Waals surface area contributed by atoms with E-state index in [9.17, 15) is 23.1 Å². The Morgan fingerprint density at radius 1 is 1.42 bits per heavy atom. The Bertz CT molecular complexity index is 500. The topological polar surface area (TPSA) is 40.5 Å². The minimum atomic E-state index is -4.44. The SMILES string of the molecule is O=C(c1ccc(Br)cc1O)N(CC(F)(F)F)C1CC1. The lowest BCUT2D eigenvalue weighted by Crippen LogP contribution is -2.40. The Morgan fingerprint density at radius 3 is 2.53 bits per heavy atom. The van der Waals surface area contributed by atoms with Crippen LogP contribution in [0.2, 0.25) is 0 Å². The third-order valence-corrected chi connectivity index (χ3v) is 3.28. The van der Waals surface area contributed by atoms with Crippen molar-refractivity contribution in [2.45, 2.75) is 25.1 Å². The second-order valence-electron chi connectivity index (χ2n) is 4.44. The summed E-state index contributed by atoms with van der Waals surface area (Å²) in [5.74, 6) is -1.11. The second kappa shape index (κ2) is 5.03. The summed E-state index contributed by atoms with van der Waals surface area (Å²) < 4.78 is 38.0. The largest absolute Gasteiger partial charge is 0.507 e. The molecule has 7 heteroatoms. The molecule has 0 bridgehead atoms. The number of amides is 1. The van der Waals surface area contributed by atoms with Crippen molar-refractivity contribution in [1.29, 1.82) is 0 Å². The van der Waals surface area contributed by atoms with Crippen LogP contribution < -0.4 is 0 Å². The van der Waals surface area contributed by atoms with Gasteiger partial charge in [0.25, 0.3) is 5.91 Å². The monoisotopic (exact) mass is 337 g/mol. The fourth-order valence-corrected chi connectivity index (χ4v) is 2.14. The first-order chi connectivity index (χ1) is 8.78. The van der Waals surface area contributed by atoms with Crippen molar-refractivity contribution in [2.75, 3.05) is 6.54 Å². The summed E-state index contributed by atoms with van der Waals surface area (Å²) in [5, 5.41) is 9.65. The molecular weight excluding hydrogens is 327 g/mol. The molecule has 1 aliphatic carbocycles. The lowest BCUT2D eigenvalue weighted by atomic mass is 10.1. The number of aromatic hydroxyl groups is 1. The normalized spacial score (nSPS) is 15.4. The number of halogens is 4. The highest BCUT2D eigenvalue weighted by Gasteiger charge is 2.41. The van der Waals surface area contributed by atoms with Crippen LogP contribution in [0.5, 0.6) is 5.75 Å². The number of carbonyl (C=O) groups excluding carboxylic acids is 1. The van der Waals surface area contributed by atoms with Crippen molar-refractivity contribution in [3.05, 3.63) is 28.2 Å². The summed E-state index contributed by atoms with van der Waals surface area (Å²) in [6.45, 7) is -1.29. The minimum Gasteiger partial charge on any atom is -0.507 e. The summed E-state index contributed by atoms with van der Waals surface area (Å²) in [7, 11) is 0. The molecule has 104 valence electrons. The molecule has 0 saturated heterocycles. The molecule has 2 rings (SSSR count). The molecule has 1 N–H and O–H groups in total. The van der Waals surface area contributed by atoms with Crippen LogP contribution in [-0.4, -0.2) is 34.7 Å². The zero-order chi connectivity index (χ0) is 14.2. The van der Waals surface area contributed by atoms with Gasteiger partial charge in [0.2, 0.25) is 0 Å². The number of nitrogens with zero attached hydrogens (tertiary/aromatic N) is 1. The van der Waals surface area contributed by atoms with Gasteiger partial charge in [-0.3, -0.25) is 4.79 Å². The standard InChI is InChI=1S/C12H11BrF3NO2/c13-7-1-4-9(10(18)5-7)11(19)17(8-2-3-8)6-12(14,15)16/h1,4-5,8,18H,2-3,6H2. The van der Waals surface area contributed by atoms with Gasteiger partial charge in [-0.25, -0.2) is 0 Å². The number of rotatable bonds is 3. The number of phenols is 1. The Balaban J connectivity index is 2.24. The molecule has 19 heavy (non-hydrogen) atoms. The third-order valence-electron chi connectivity index (χ3n) is 2.79. The third kappa shape index (κ3) is 3.62. The van der Waals surface area contributed by atoms with Crippen molar-refractivity contribution in [3.63, 3.8) is 0 Å². The molecule has 3 nitrogen and oxygen atoms in total. The summed E-state index contributed by atoms with van der Waals surface area (Å²) in [5.41, 5.74) is -0.112. The van der Waals surface area contributed by atoms with E-state index < -0.39 is 18.6 Å². The first-order valence-corrected chi connectivity index (χ1v) is 6.43. The smallest absolute Gasteiger partial charge is 0.406 e. The van der Waals surface area contributed by atoms with Crippen molar-refractivity contribution in [3.8, 4) is 5.75 Å². The van der Waals surface area contributed by atoms with E-state index in [1.54, 1.807) is 0 Å². The average molecular weight is 338 g/mol. The van der Waals surface area contributed by atoms with Gasteiger partial charge in [-0.1, -0.05) is 15.9 Å². The molecule has 1 aliphatic rings. The highest BCUT2D eigenvalue weighted by atomic mass is 79.9. The van der Waals surface area contributed by atoms with Crippen molar-refractivity contribution in [2.24, 2.45) is 0 Å². The van der Waals surface area contributed by atoms with Crippen LogP contribution in [0.25, 0.3) is 0 Å². The van der Waals surface area contributed by atoms with Gasteiger partial charge in [-0.15, -0.1) is 0 Å². The van der Waals surface area contributed by atoms with Crippen LogP contribution in [0.4, 0.5) is 13.2 Å². The lowest BCUT2D eigenvalue weighted by Gasteiger charge is -2.24. The van der Waals surface area contributed by atoms with E-state index >= 15 is 0 Å². The molecule has 1 aromatic rings. The Morgan fingerprint density at radius 2 is 2.05 bits per heavy atom. The van der Waals surface area contributed by atoms with E-state index in [0.29, 0.717) is 17.3 Å². The number of phenolic OH excluding ortho intramolecular Hbond substituents is 1. The molecule has 1 amide bonds. The van der Waals surface area contributed by atoms with Gasteiger partial charge < -0.3 is 10.0 Å². The van der Waals surface area contributed by atoms with Gasteiger partial charge in [0.1, 0.15) is 12.3 Å². The summed E-state index contributed by atoms with van der Waals surface area (Å²) in [4.78, 5) is 12.9. The van der Waals surface area contributed by atoms with E-state index in [4.69, 9.17) is 0 Å². The number of hydrogen-bond donors (Lipinski definition) is 1. The molecule has 1 aromatic carbocycles. The first-order valence-electron chi connectivity index (χ1n) is 5.64. The lowest BCUT2D eigenvalue weighted by molar-refractivity contribution is -0.141. The zero-order valence-corrected chi connectivity index (χ0v) is 11.3. The Labute approximate surface area is 116 Å². The van der Waals surface area contributed by atoms with Crippen LogP contribution in [0.3, 0.4) is 0 Å². The van der Waals surface area contributed by atoms with Crippen molar-refractivity contribution >= 4 is 21.8 Å². The van der Waals surface area contributed by atoms with E-state index in [2.05, 4.69) is 15.9 Å². The molecule has 0 spiro atoms. The second-order valence-corrected chi connectivity index (χ2v) is 5.36. The van der Waals surface area contributed by atoms with E-state index in [-0.39, 0.29) is 17.4 Å². The van der Waals surface area contributed by atoms with Crippen LogP contribution in [0, 0.1) is 0 Å². The fraction of sp³-hybridized carbons (Fsp3) is 0.417. The summed E-state index contributed by atoms with van der Waals surface area (Å²) >= 11 is 3.11. The van der Waals surface area contributed by atoms with Gasteiger partial charge in [0.15, 0.2) is 0 Å². The quantitative estimate of drug-likeness (QED) is 0.919. The highest BCUT2D eigenvalue weighted by Crippen LogP contribution is 2.33. The van der Waals surface area contributed by atoms with Crippen molar-refractivity contribution in [1.82, 2.24) is 4.90 Å². The Hall–Kier alpha value is -1.24. The molecule has 0 heterocycles. The molecule has 0 unspecified atom stereocenters. The predicted molar refractivity (Wildman–Crippen MR) is 65.9 cm³/mol. The minimum absolute atomic E-state index is 0.112. The molecule has 0 radical (unpaired) electrons. The molecule has 0 aliphatic heterocycles. The summed E-state index contributed by atoms with van der Waals surface area (Å²) in [6, 6.07) is 3.72. The van der Waals surface area contributed by atoms with Gasteiger partial charge in [-0.05, 0) is 31.0 Å². The summed E-state index contributed by atoms with van der Waals surface area (Å²) in [6.07, 6.45) is -3.30. The number of alkyl halides is 3. The van der Waals surface area contributed by atoms with Gasteiger partial charge in [0, 0.05) is 10.5 Å². The average Bonchev–Trinajstić information content (AvgIpc) is 3.07. The van der Waals surface area contributed by atoms with Crippen LogP contribution >= 0.6 is 15.9 Å². The molecular formula is C12H11BrF3NO2. The molecule has 1 fully saturated rings.